The molecule has 0 aliphatic carbocycles. The number of amides is 1. The van der Waals surface area contributed by atoms with Crippen molar-refractivity contribution in [3.8, 4) is 0 Å². The van der Waals surface area contributed by atoms with Gasteiger partial charge in [0, 0.05) is 6.54 Å². The molecular formula is C17H34N2O8. The van der Waals surface area contributed by atoms with Gasteiger partial charge in [-0.25, -0.2) is 4.79 Å². The highest BCUT2D eigenvalue weighted by Crippen LogP contribution is 2.06. The first-order valence-corrected chi connectivity index (χ1v) is 8.90. The van der Waals surface area contributed by atoms with E-state index in [9.17, 15) is 9.59 Å². The van der Waals surface area contributed by atoms with Crippen molar-refractivity contribution in [3.05, 3.63) is 0 Å². The first kappa shape index (κ1) is 25.5. The minimum atomic E-state index is -0.855. The summed E-state index contributed by atoms with van der Waals surface area (Å²) in [6.45, 7) is 10.1. The molecule has 0 spiro atoms. The topological polar surface area (TPSA) is 116 Å². The zero-order valence-corrected chi connectivity index (χ0v) is 17.0. The standard InChI is InChI=1S/C17H34N2O8/c1-14(15(20)21)19(5)6-7-23-8-9-24-10-11-25-12-13-26-18-16(22)27-17(2,3)4/h14H,6-13H2,1-5H3,(H,18,22)(H,20,21). The molecule has 0 radical (unpaired) electrons. The van der Waals surface area contributed by atoms with Crippen LogP contribution in [0.15, 0.2) is 0 Å². The number of likely N-dealkylation sites (N-methyl/N-ethyl adjacent to an activating group) is 1. The van der Waals surface area contributed by atoms with Crippen LogP contribution in [0.5, 0.6) is 0 Å². The molecule has 1 atom stereocenters. The molecule has 27 heavy (non-hydrogen) atoms. The van der Waals surface area contributed by atoms with Crippen molar-refractivity contribution in [1.82, 2.24) is 10.4 Å². The monoisotopic (exact) mass is 394 g/mol. The van der Waals surface area contributed by atoms with Gasteiger partial charge in [-0.05, 0) is 34.7 Å². The molecule has 1 unspecified atom stereocenters. The third-order valence-electron chi connectivity index (χ3n) is 3.24. The third kappa shape index (κ3) is 16.4. The Hall–Kier alpha value is -1.46. The zero-order chi connectivity index (χ0) is 20.7. The molecule has 160 valence electrons. The van der Waals surface area contributed by atoms with Crippen molar-refractivity contribution in [2.24, 2.45) is 0 Å². The van der Waals surface area contributed by atoms with Gasteiger partial charge in [0.1, 0.15) is 11.6 Å². The Bertz CT molecular complexity index is 414. The van der Waals surface area contributed by atoms with Crippen LogP contribution in [0.2, 0.25) is 0 Å². The second-order valence-corrected chi connectivity index (χ2v) is 6.78. The average Bonchev–Trinajstić information content (AvgIpc) is 2.56. The molecular weight excluding hydrogens is 360 g/mol. The highest BCUT2D eigenvalue weighted by atomic mass is 16.7. The number of hydrogen-bond acceptors (Lipinski definition) is 8. The van der Waals surface area contributed by atoms with E-state index in [0.717, 1.165) is 0 Å². The number of rotatable bonds is 15. The maximum Gasteiger partial charge on any atom is 0.431 e. The number of ether oxygens (including phenoxy) is 4. The van der Waals surface area contributed by atoms with Crippen molar-refractivity contribution in [1.29, 1.82) is 0 Å². The van der Waals surface area contributed by atoms with E-state index < -0.39 is 23.7 Å². The van der Waals surface area contributed by atoms with Crippen LogP contribution in [0, 0.1) is 0 Å². The predicted molar refractivity (Wildman–Crippen MR) is 97.5 cm³/mol. The lowest BCUT2D eigenvalue weighted by molar-refractivity contribution is -0.142. The maximum absolute atomic E-state index is 11.3. The van der Waals surface area contributed by atoms with E-state index in [1.54, 1.807) is 39.6 Å². The molecule has 10 nitrogen and oxygen atoms in total. The number of carbonyl (C=O) groups excluding carboxylic acids is 1. The SMILES string of the molecule is CC(C(=O)O)N(C)CCOCCOCCOCCONC(=O)OC(C)(C)C. The van der Waals surface area contributed by atoms with Crippen LogP contribution in [-0.2, 0) is 28.6 Å². The molecule has 0 fully saturated rings. The molecule has 0 aliphatic heterocycles. The largest absolute Gasteiger partial charge is 0.480 e. The first-order chi connectivity index (χ1) is 12.6. The molecule has 0 saturated heterocycles. The summed E-state index contributed by atoms with van der Waals surface area (Å²) in [7, 11) is 1.74. The van der Waals surface area contributed by atoms with Gasteiger partial charge in [0.2, 0.25) is 0 Å². The summed E-state index contributed by atoms with van der Waals surface area (Å²) >= 11 is 0. The molecule has 0 aromatic rings. The number of hydroxylamine groups is 1. The molecule has 10 heteroatoms. The van der Waals surface area contributed by atoms with Gasteiger partial charge in [0.25, 0.3) is 0 Å². The van der Waals surface area contributed by atoms with Crippen LogP contribution >= 0.6 is 0 Å². The van der Waals surface area contributed by atoms with Gasteiger partial charge in [-0.2, -0.15) is 5.48 Å². The normalized spacial score (nSPS) is 12.8. The van der Waals surface area contributed by atoms with Gasteiger partial charge in [0.15, 0.2) is 0 Å². The number of hydrogen-bond donors (Lipinski definition) is 2. The fraction of sp³-hybridized carbons (Fsp3) is 0.882. The molecule has 0 saturated carbocycles. The predicted octanol–water partition coefficient (Wildman–Crippen LogP) is 0.897. The van der Waals surface area contributed by atoms with Crippen molar-refractivity contribution in [3.63, 3.8) is 0 Å². The van der Waals surface area contributed by atoms with Crippen LogP contribution in [0.4, 0.5) is 4.79 Å². The molecule has 0 aliphatic rings. The number of aliphatic carboxylic acids is 1. The lowest BCUT2D eigenvalue weighted by Crippen LogP contribution is -2.38. The second-order valence-electron chi connectivity index (χ2n) is 6.78. The summed E-state index contributed by atoms with van der Waals surface area (Å²) in [5.41, 5.74) is 1.59. The molecule has 2 N–H and O–H groups in total. The lowest BCUT2D eigenvalue weighted by atomic mass is 10.2. The Balaban J connectivity index is 3.32. The maximum atomic E-state index is 11.3. The van der Waals surface area contributed by atoms with E-state index in [-0.39, 0.29) is 6.61 Å². The molecule has 0 aromatic carbocycles. The minimum Gasteiger partial charge on any atom is -0.480 e. The number of nitrogens with one attached hydrogen (secondary N) is 1. The Morgan fingerprint density at radius 2 is 1.44 bits per heavy atom. The minimum absolute atomic E-state index is 0.199. The first-order valence-electron chi connectivity index (χ1n) is 8.90. The summed E-state index contributed by atoms with van der Waals surface area (Å²) in [6, 6.07) is -0.537. The van der Waals surface area contributed by atoms with Gasteiger partial charge in [-0.3, -0.25) is 14.5 Å². The number of nitrogens with zero attached hydrogens (tertiary/aromatic N) is 1. The van der Waals surface area contributed by atoms with E-state index in [1.807, 2.05) is 0 Å². The van der Waals surface area contributed by atoms with Gasteiger partial charge in [0.05, 0.1) is 46.2 Å². The van der Waals surface area contributed by atoms with Gasteiger partial charge >= 0.3 is 12.1 Å². The summed E-state index contributed by atoms with van der Waals surface area (Å²) < 4.78 is 21.0. The van der Waals surface area contributed by atoms with Gasteiger partial charge < -0.3 is 24.1 Å². The Morgan fingerprint density at radius 3 is 1.93 bits per heavy atom. The summed E-state index contributed by atoms with van der Waals surface area (Å²) in [5.74, 6) is -0.855. The Kier molecular flexibility index (Phi) is 13.8. The summed E-state index contributed by atoms with van der Waals surface area (Å²) in [4.78, 5) is 28.7. The van der Waals surface area contributed by atoms with Crippen molar-refractivity contribution in [2.75, 3.05) is 59.8 Å². The summed E-state index contributed by atoms with van der Waals surface area (Å²) in [6.07, 6.45) is -0.644. The van der Waals surface area contributed by atoms with E-state index in [0.29, 0.717) is 46.2 Å². The van der Waals surface area contributed by atoms with Crippen LogP contribution in [0.3, 0.4) is 0 Å². The molecule has 1 amide bonds. The quantitative estimate of drug-likeness (QED) is 0.309. The lowest BCUT2D eigenvalue weighted by Gasteiger charge is -2.20. The van der Waals surface area contributed by atoms with Gasteiger partial charge in [-0.15, -0.1) is 0 Å². The third-order valence-corrected chi connectivity index (χ3v) is 3.24. The Morgan fingerprint density at radius 1 is 0.963 bits per heavy atom. The fourth-order valence-electron chi connectivity index (χ4n) is 1.64. The molecule has 0 bridgehead atoms. The number of carbonyl (C=O) groups is 2. The van der Waals surface area contributed by atoms with Crippen LogP contribution in [-0.4, -0.2) is 93.6 Å². The van der Waals surface area contributed by atoms with Crippen LogP contribution in [0.1, 0.15) is 27.7 Å². The van der Waals surface area contributed by atoms with E-state index in [1.165, 1.54) is 0 Å². The summed E-state index contributed by atoms with van der Waals surface area (Å²) in [5, 5.41) is 8.86. The van der Waals surface area contributed by atoms with Gasteiger partial charge in [-0.1, -0.05) is 0 Å². The molecule has 0 aromatic heterocycles. The second kappa shape index (κ2) is 14.6. The van der Waals surface area contributed by atoms with Crippen molar-refractivity contribution < 1.29 is 38.5 Å². The van der Waals surface area contributed by atoms with E-state index >= 15 is 0 Å². The highest BCUT2D eigenvalue weighted by Gasteiger charge is 2.16. The van der Waals surface area contributed by atoms with E-state index in [4.69, 9.17) is 28.9 Å². The average molecular weight is 394 g/mol. The molecule has 0 heterocycles. The van der Waals surface area contributed by atoms with Crippen molar-refractivity contribution in [2.45, 2.75) is 39.3 Å². The number of carboxylic acids is 1. The fourth-order valence-corrected chi connectivity index (χ4v) is 1.64. The highest BCUT2D eigenvalue weighted by molar-refractivity contribution is 5.72. The van der Waals surface area contributed by atoms with E-state index in [2.05, 4.69) is 5.48 Å². The smallest absolute Gasteiger partial charge is 0.431 e. The number of carboxylic acid groups (broad SMARTS) is 1. The Labute approximate surface area is 161 Å². The zero-order valence-electron chi connectivity index (χ0n) is 17.0. The van der Waals surface area contributed by atoms with Crippen molar-refractivity contribution >= 4 is 12.1 Å². The molecule has 0 rings (SSSR count). The van der Waals surface area contributed by atoms with Crippen LogP contribution in [0.25, 0.3) is 0 Å². The van der Waals surface area contributed by atoms with Crippen LogP contribution < -0.4 is 5.48 Å².